The highest BCUT2D eigenvalue weighted by atomic mass is 35.5. The van der Waals surface area contributed by atoms with Crippen LogP contribution in [0.25, 0.3) is 0 Å². The number of hydrogen-bond donors (Lipinski definition) is 1. The van der Waals surface area contributed by atoms with Crippen LogP contribution < -0.4 is 4.72 Å². The predicted molar refractivity (Wildman–Crippen MR) is 75.8 cm³/mol. The molecule has 1 fully saturated rings. The van der Waals surface area contributed by atoms with Crippen molar-refractivity contribution >= 4 is 27.5 Å². The van der Waals surface area contributed by atoms with Crippen LogP contribution in [0, 0.1) is 5.92 Å². The van der Waals surface area contributed by atoms with E-state index in [-0.39, 0.29) is 12.4 Å². The van der Waals surface area contributed by atoms with Crippen molar-refractivity contribution in [2.45, 2.75) is 18.6 Å². The molecular formula is C13H16ClNO4S. The van der Waals surface area contributed by atoms with Crippen molar-refractivity contribution in [1.82, 2.24) is 4.72 Å². The summed E-state index contributed by atoms with van der Waals surface area (Å²) in [6.45, 7) is 0.892. The largest absolute Gasteiger partial charge is 0.381 e. The molecule has 1 saturated heterocycles. The number of carbonyl (C=O) groups is 1. The molecule has 1 atom stereocenters. The van der Waals surface area contributed by atoms with Gasteiger partial charge in [-0.05, 0) is 24.5 Å². The molecule has 7 heteroatoms. The minimum absolute atomic E-state index is 0.271. The lowest BCUT2D eigenvalue weighted by atomic mass is 10.0. The Bertz CT molecular complexity index is 582. The van der Waals surface area contributed by atoms with E-state index in [1.54, 1.807) is 24.3 Å². The number of carbonyl (C=O) groups excluding carboxylic acids is 1. The smallest absolute Gasteiger partial charge is 0.239 e. The molecule has 110 valence electrons. The van der Waals surface area contributed by atoms with Crippen LogP contribution in [0.3, 0.4) is 0 Å². The van der Waals surface area contributed by atoms with Crippen molar-refractivity contribution < 1.29 is 17.9 Å². The first-order valence-corrected chi connectivity index (χ1v) is 8.36. The molecule has 1 aliphatic heterocycles. The molecule has 0 radical (unpaired) electrons. The van der Waals surface area contributed by atoms with Gasteiger partial charge in [0.15, 0.2) is 0 Å². The molecule has 0 spiro atoms. The highest BCUT2D eigenvalue weighted by molar-refractivity contribution is 7.89. The van der Waals surface area contributed by atoms with Gasteiger partial charge in [0.2, 0.25) is 15.9 Å². The topological polar surface area (TPSA) is 72.5 Å². The first kappa shape index (κ1) is 15.3. The molecule has 0 aliphatic carbocycles. The number of sulfonamides is 1. The van der Waals surface area contributed by atoms with Gasteiger partial charge >= 0.3 is 0 Å². The third-order valence-corrected chi connectivity index (χ3v) is 4.66. The van der Waals surface area contributed by atoms with Crippen LogP contribution in [0.2, 0.25) is 5.02 Å². The van der Waals surface area contributed by atoms with E-state index in [9.17, 15) is 13.2 Å². The molecule has 1 aromatic carbocycles. The minimum atomic E-state index is -3.75. The molecule has 2 rings (SSSR count). The number of ether oxygens (including phenoxy) is 1. The van der Waals surface area contributed by atoms with E-state index in [0.29, 0.717) is 23.6 Å². The summed E-state index contributed by atoms with van der Waals surface area (Å²) in [5, 5.41) is 0.367. The lowest BCUT2D eigenvalue weighted by Crippen LogP contribution is -2.39. The Kier molecular flexibility index (Phi) is 5.01. The van der Waals surface area contributed by atoms with Gasteiger partial charge in [0, 0.05) is 11.6 Å². The van der Waals surface area contributed by atoms with E-state index >= 15 is 0 Å². The molecule has 1 unspecified atom stereocenters. The highest BCUT2D eigenvalue weighted by Gasteiger charge is 2.26. The summed E-state index contributed by atoms with van der Waals surface area (Å²) in [5.74, 6) is -1.21. The van der Waals surface area contributed by atoms with Crippen molar-refractivity contribution in [2.75, 3.05) is 13.2 Å². The fourth-order valence-electron chi connectivity index (χ4n) is 2.04. The number of halogens is 1. The fourth-order valence-corrected chi connectivity index (χ4v) is 3.53. The molecule has 1 aromatic rings. The van der Waals surface area contributed by atoms with Gasteiger partial charge in [0.1, 0.15) is 0 Å². The molecular weight excluding hydrogens is 302 g/mol. The van der Waals surface area contributed by atoms with Crippen LogP contribution in [-0.4, -0.2) is 27.5 Å². The molecule has 1 N–H and O–H groups in total. The normalized spacial score (nSPS) is 19.6. The number of benzene rings is 1. The van der Waals surface area contributed by atoms with Gasteiger partial charge in [-0.2, -0.15) is 0 Å². The number of nitrogens with one attached hydrogen (secondary N) is 1. The molecule has 5 nitrogen and oxygen atoms in total. The number of amides is 1. The second-order valence-electron chi connectivity index (χ2n) is 4.73. The zero-order valence-electron chi connectivity index (χ0n) is 10.8. The summed E-state index contributed by atoms with van der Waals surface area (Å²) >= 11 is 5.92. The van der Waals surface area contributed by atoms with Gasteiger partial charge in [-0.15, -0.1) is 0 Å². The average Bonchev–Trinajstić information content (AvgIpc) is 2.41. The molecule has 0 bridgehead atoms. The Balaban J connectivity index is 2.00. The van der Waals surface area contributed by atoms with Gasteiger partial charge in [-0.3, -0.25) is 9.52 Å². The third kappa shape index (κ3) is 4.19. The SMILES string of the molecule is O=C(NS(=O)(=O)Cc1ccccc1Cl)C1CCCOC1. The van der Waals surface area contributed by atoms with Crippen molar-refractivity contribution in [3.63, 3.8) is 0 Å². The molecule has 1 aliphatic rings. The Hall–Kier alpha value is -1.11. The standard InChI is InChI=1S/C13H16ClNO4S/c14-12-6-2-1-4-11(12)9-20(17,18)15-13(16)10-5-3-7-19-8-10/h1-2,4,6,10H,3,5,7-9H2,(H,15,16). The Morgan fingerprint density at radius 1 is 1.40 bits per heavy atom. The third-order valence-electron chi connectivity index (χ3n) is 3.09. The van der Waals surface area contributed by atoms with Crippen LogP contribution in [0.1, 0.15) is 18.4 Å². The maximum absolute atomic E-state index is 12.0. The van der Waals surface area contributed by atoms with E-state index < -0.39 is 21.8 Å². The van der Waals surface area contributed by atoms with Crippen molar-refractivity contribution in [1.29, 1.82) is 0 Å². The Labute approximate surface area is 123 Å². The molecule has 20 heavy (non-hydrogen) atoms. The van der Waals surface area contributed by atoms with E-state index in [4.69, 9.17) is 16.3 Å². The maximum Gasteiger partial charge on any atom is 0.239 e. The summed E-state index contributed by atoms with van der Waals surface area (Å²) in [7, 11) is -3.75. The van der Waals surface area contributed by atoms with E-state index in [1.165, 1.54) is 0 Å². The van der Waals surface area contributed by atoms with Crippen LogP contribution in [0.5, 0.6) is 0 Å². The fraction of sp³-hybridized carbons (Fsp3) is 0.462. The lowest BCUT2D eigenvalue weighted by molar-refractivity contribution is -0.127. The molecule has 0 aromatic heterocycles. The average molecular weight is 318 g/mol. The summed E-state index contributed by atoms with van der Waals surface area (Å²) in [4.78, 5) is 11.9. The summed E-state index contributed by atoms with van der Waals surface area (Å²) in [5.41, 5.74) is 0.467. The Morgan fingerprint density at radius 2 is 2.15 bits per heavy atom. The first-order chi connectivity index (χ1) is 9.48. The van der Waals surface area contributed by atoms with Crippen LogP contribution in [-0.2, 0) is 25.3 Å². The van der Waals surface area contributed by atoms with Crippen molar-refractivity contribution in [3.05, 3.63) is 34.9 Å². The zero-order chi connectivity index (χ0) is 14.6. The van der Waals surface area contributed by atoms with E-state index in [2.05, 4.69) is 4.72 Å². The first-order valence-electron chi connectivity index (χ1n) is 6.33. The molecule has 1 amide bonds. The van der Waals surface area contributed by atoms with E-state index in [1.807, 2.05) is 0 Å². The van der Waals surface area contributed by atoms with Gasteiger partial charge < -0.3 is 4.74 Å². The molecule has 1 heterocycles. The summed E-state index contributed by atoms with van der Waals surface area (Å²) < 4.78 is 31.2. The van der Waals surface area contributed by atoms with Crippen LogP contribution >= 0.6 is 11.6 Å². The van der Waals surface area contributed by atoms with Gasteiger partial charge in [0.05, 0.1) is 18.3 Å². The van der Waals surface area contributed by atoms with E-state index in [0.717, 1.165) is 6.42 Å². The van der Waals surface area contributed by atoms with Crippen molar-refractivity contribution in [3.8, 4) is 0 Å². The van der Waals surface area contributed by atoms with Gasteiger partial charge in [-0.25, -0.2) is 8.42 Å². The summed E-state index contributed by atoms with van der Waals surface area (Å²) in [6, 6.07) is 6.66. The second kappa shape index (κ2) is 6.56. The highest BCUT2D eigenvalue weighted by Crippen LogP contribution is 2.18. The van der Waals surface area contributed by atoms with Crippen LogP contribution in [0.4, 0.5) is 0 Å². The number of hydrogen-bond acceptors (Lipinski definition) is 4. The van der Waals surface area contributed by atoms with Gasteiger partial charge in [-0.1, -0.05) is 29.8 Å². The molecule has 0 saturated carbocycles. The second-order valence-corrected chi connectivity index (χ2v) is 6.86. The summed E-state index contributed by atoms with van der Waals surface area (Å²) in [6.07, 6.45) is 1.41. The minimum Gasteiger partial charge on any atom is -0.381 e. The monoisotopic (exact) mass is 317 g/mol. The van der Waals surface area contributed by atoms with Crippen molar-refractivity contribution in [2.24, 2.45) is 5.92 Å². The lowest BCUT2D eigenvalue weighted by Gasteiger charge is -2.21. The zero-order valence-corrected chi connectivity index (χ0v) is 12.4. The Morgan fingerprint density at radius 3 is 2.80 bits per heavy atom. The number of rotatable bonds is 4. The maximum atomic E-state index is 12.0. The van der Waals surface area contributed by atoms with Gasteiger partial charge in [0.25, 0.3) is 0 Å². The predicted octanol–water partition coefficient (Wildman–Crippen LogP) is 1.71. The quantitative estimate of drug-likeness (QED) is 0.917. The van der Waals surface area contributed by atoms with Crippen LogP contribution in [0.15, 0.2) is 24.3 Å².